The number of nitrogens with zero attached hydrogens (tertiary/aromatic N) is 6. The van der Waals surface area contributed by atoms with Gasteiger partial charge in [-0.05, 0) is 51.6 Å². The van der Waals surface area contributed by atoms with Gasteiger partial charge in [0.25, 0.3) is 0 Å². The fourth-order valence-corrected chi connectivity index (χ4v) is 5.24. The van der Waals surface area contributed by atoms with Crippen molar-refractivity contribution in [1.29, 1.82) is 5.26 Å². The van der Waals surface area contributed by atoms with Crippen LogP contribution in [-0.4, -0.2) is 107 Å². The molecular weight excluding hydrogens is 380 g/mol. The van der Waals surface area contributed by atoms with E-state index in [9.17, 15) is 15.5 Å². The Hall–Kier alpha value is -1.84. The van der Waals surface area contributed by atoms with Gasteiger partial charge < -0.3 is 20.0 Å². The van der Waals surface area contributed by atoms with Gasteiger partial charge in [0.15, 0.2) is 0 Å². The van der Waals surface area contributed by atoms with Crippen molar-refractivity contribution in [3.8, 4) is 6.07 Å². The standard InChI is InChI=1S/C22H36N6O2/c1-24-21(16-23)22-27(12-4-10-25-8-2-6-19(25)17-29)14-15-28(22)13-5-11-26-9-3-7-20(26)18-30/h19-20,29-30H,2-15,17-18H2/t19-,20-/m1/s1. The summed E-state index contributed by atoms with van der Waals surface area (Å²) in [4.78, 5) is 12.6. The maximum atomic E-state index is 9.50. The average molecular weight is 417 g/mol. The summed E-state index contributed by atoms with van der Waals surface area (Å²) in [5, 5.41) is 28.5. The fraction of sp³-hybridized carbons (Fsp3) is 0.818. The lowest BCUT2D eigenvalue weighted by Crippen LogP contribution is -2.35. The van der Waals surface area contributed by atoms with E-state index in [1.165, 1.54) is 0 Å². The van der Waals surface area contributed by atoms with Crippen LogP contribution in [0, 0.1) is 17.9 Å². The van der Waals surface area contributed by atoms with Crippen LogP contribution < -0.4 is 0 Å². The Morgan fingerprint density at radius 3 is 1.80 bits per heavy atom. The molecule has 8 heteroatoms. The highest BCUT2D eigenvalue weighted by atomic mass is 16.3. The van der Waals surface area contributed by atoms with E-state index in [1.54, 1.807) is 0 Å². The van der Waals surface area contributed by atoms with E-state index in [2.05, 4.69) is 30.5 Å². The first-order valence-electron chi connectivity index (χ1n) is 11.4. The highest BCUT2D eigenvalue weighted by Crippen LogP contribution is 2.25. The van der Waals surface area contributed by atoms with Crippen molar-refractivity contribution in [3.63, 3.8) is 0 Å². The van der Waals surface area contributed by atoms with E-state index in [0.29, 0.717) is 12.1 Å². The molecule has 3 rings (SSSR count). The first-order valence-corrected chi connectivity index (χ1v) is 11.4. The minimum absolute atomic E-state index is 0.191. The molecule has 2 atom stereocenters. The maximum absolute atomic E-state index is 9.50. The molecule has 3 saturated heterocycles. The second-order valence-electron chi connectivity index (χ2n) is 8.61. The van der Waals surface area contributed by atoms with Gasteiger partial charge in [0.1, 0.15) is 5.82 Å². The molecule has 3 fully saturated rings. The molecule has 0 aromatic carbocycles. The van der Waals surface area contributed by atoms with Crippen LogP contribution in [-0.2, 0) is 0 Å². The highest BCUT2D eigenvalue weighted by molar-refractivity contribution is 5.33. The van der Waals surface area contributed by atoms with Crippen molar-refractivity contribution in [2.45, 2.75) is 50.6 Å². The van der Waals surface area contributed by atoms with Crippen molar-refractivity contribution >= 4 is 0 Å². The third kappa shape index (κ3) is 5.44. The largest absolute Gasteiger partial charge is 0.395 e. The molecule has 0 saturated carbocycles. The number of hydrogen-bond donors (Lipinski definition) is 2. The molecule has 8 nitrogen and oxygen atoms in total. The average Bonchev–Trinajstić information content (AvgIpc) is 3.50. The van der Waals surface area contributed by atoms with Crippen LogP contribution in [0.1, 0.15) is 38.5 Å². The molecule has 0 radical (unpaired) electrons. The van der Waals surface area contributed by atoms with Gasteiger partial charge in [-0.15, -0.1) is 0 Å². The van der Waals surface area contributed by atoms with Crippen LogP contribution in [0.5, 0.6) is 0 Å². The van der Waals surface area contributed by atoms with Crippen molar-refractivity contribution in [1.82, 2.24) is 19.6 Å². The first-order chi connectivity index (χ1) is 14.7. The topological polar surface area (TPSA) is 81.6 Å². The Balaban J connectivity index is 1.53. The van der Waals surface area contributed by atoms with Gasteiger partial charge in [-0.2, -0.15) is 0 Å². The molecule has 0 amide bonds. The smallest absolute Gasteiger partial charge is 0.300 e. The van der Waals surface area contributed by atoms with Crippen molar-refractivity contribution in [2.24, 2.45) is 0 Å². The summed E-state index contributed by atoms with van der Waals surface area (Å²) < 4.78 is 0. The number of rotatable bonds is 10. The predicted molar refractivity (Wildman–Crippen MR) is 115 cm³/mol. The minimum atomic E-state index is 0.191. The number of likely N-dealkylation sites (tertiary alicyclic amines) is 2. The monoisotopic (exact) mass is 416 g/mol. The van der Waals surface area contributed by atoms with Crippen molar-refractivity contribution in [3.05, 3.63) is 22.9 Å². The normalized spacial score (nSPS) is 25.1. The Morgan fingerprint density at radius 2 is 1.40 bits per heavy atom. The zero-order valence-corrected chi connectivity index (χ0v) is 18.0. The van der Waals surface area contributed by atoms with Crippen LogP contribution in [0.4, 0.5) is 0 Å². The lowest BCUT2D eigenvalue weighted by Gasteiger charge is -2.28. The molecule has 3 aliphatic heterocycles. The Morgan fingerprint density at radius 1 is 0.900 bits per heavy atom. The van der Waals surface area contributed by atoms with Crippen molar-refractivity contribution < 1.29 is 10.2 Å². The van der Waals surface area contributed by atoms with Crippen LogP contribution in [0.15, 0.2) is 11.5 Å². The SMILES string of the molecule is [C-]#[N+]C(C#N)=C1N(CCCN2CCC[C@@H]2CO)CCN1CCCN1CCC[C@@H]1CO. The summed E-state index contributed by atoms with van der Waals surface area (Å²) in [7, 11) is 0. The lowest BCUT2D eigenvalue weighted by atomic mass is 10.2. The van der Waals surface area contributed by atoms with Gasteiger partial charge in [-0.3, -0.25) is 9.80 Å². The molecule has 30 heavy (non-hydrogen) atoms. The zero-order valence-electron chi connectivity index (χ0n) is 18.0. The van der Waals surface area contributed by atoms with Gasteiger partial charge >= 0.3 is 5.70 Å². The van der Waals surface area contributed by atoms with Gasteiger partial charge in [0.05, 0.1) is 25.9 Å². The molecule has 2 N–H and O–H groups in total. The molecule has 0 spiro atoms. The second-order valence-corrected chi connectivity index (χ2v) is 8.61. The Labute approximate surface area is 180 Å². The molecular formula is C22H36N6O2. The summed E-state index contributed by atoms with van der Waals surface area (Å²) in [5.41, 5.74) is 0.191. The van der Waals surface area contributed by atoms with E-state index in [0.717, 1.165) is 96.7 Å². The van der Waals surface area contributed by atoms with E-state index in [-0.39, 0.29) is 18.9 Å². The van der Waals surface area contributed by atoms with Gasteiger partial charge in [-0.1, -0.05) is 0 Å². The minimum Gasteiger partial charge on any atom is -0.395 e. The third-order valence-electron chi connectivity index (χ3n) is 6.83. The number of aliphatic hydroxyl groups excluding tert-OH is 2. The number of aliphatic hydroxyl groups is 2. The third-order valence-corrected chi connectivity index (χ3v) is 6.83. The van der Waals surface area contributed by atoms with Crippen molar-refractivity contribution in [2.75, 3.05) is 65.6 Å². The number of nitriles is 1. The highest BCUT2D eigenvalue weighted by Gasteiger charge is 2.29. The van der Waals surface area contributed by atoms with Gasteiger partial charge in [0, 0.05) is 51.4 Å². The van der Waals surface area contributed by atoms with E-state index in [1.807, 2.05) is 0 Å². The molecule has 0 aliphatic carbocycles. The van der Waals surface area contributed by atoms with E-state index >= 15 is 0 Å². The molecule has 166 valence electrons. The molecule has 3 aliphatic rings. The van der Waals surface area contributed by atoms with Crippen LogP contribution in [0.2, 0.25) is 0 Å². The molecule has 0 bridgehead atoms. The number of hydrogen-bond acceptors (Lipinski definition) is 7. The lowest BCUT2D eigenvalue weighted by molar-refractivity contribution is 0.152. The van der Waals surface area contributed by atoms with E-state index < -0.39 is 0 Å². The van der Waals surface area contributed by atoms with E-state index in [4.69, 9.17) is 6.57 Å². The second kappa shape index (κ2) is 11.5. The molecule has 0 unspecified atom stereocenters. The summed E-state index contributed by atoms with van der Waals surface area (Å²) in [5.74, 6) is 0.799. The van der Waals surface area contributed by atoms with Gasteiger partial charge in [-0.25, -0.2) is 10.1 Å². The maximum Gasteiger partial charge on any atom is 0.300 e. The quantitative estimate of drug-likeness (QED) is 0.405. The predicted octanol–water partition coefficient (Wildman–Crippen LogP) is 0.910. The summed E-state index contributed by atoms with van der Waals surface area (Å²) in [6.07, 6.45) is 6.39. The fourth-order valence-electron chi connectivity index (χ4n) is 5.24. The van der Waals surface area contributed by atoms with Crippen LogP contribution >= 0.6 is 0 Å². The zero-order chi connectivity index (χ0) is 21.3. The first kappa shape index (κ1) is 22.8. The summed E-state index contributed by atoms with van der Waals surface area (Å²) in [6, 6.07) is 2.69. The van der Waals surface area contributed by atoms with Crippen LogP contribution in [0.3, 0.4) is 0 Å². The number of allylic oxidation sites excluding steroid dienone is 1. The summed E-state index contributed by atoms with van der Waals surface area (Å²) in [6.45, 7) is 15.3. The van der Waals surface area contributed by atoms with Crippen LogP contribution in [0.25, 0.3) is 4.85 Å². The molecule has 0 aromatic heterocycles. The molecule has 0 aromatic rings. The Bertz CT molecular complexity index is 616. The Kier molecular flexibility index (Phi) is 8.77. The molecule has 3 heterocycles. The summed E-state index contributed by atoms with van der Waals surface area (Å²) >= 11 is 0. The van der Waals surface area contributed by atoms with Gasteiger partial charge in [0.2, 0.25) is 0 Å².